The fraction of sp³-hybridized carbons (Fsp3) is 0.368. The van der Waals surface area contributed by atoms with Crippen molar-refractivity contribution in [2.45, 2.75) is 6.42 Å². The van der Waals surface area contributed by atoms with Crippen LogP contribution in [-0.4, -0.2) is 72.4 Å². The van der Waals surface area contributed by atoms with Gasteiger partial charge in [0.25, 0.3) is 11.8 Å². The first-order valence-corrected chi connectivity index (χ1v) is 8.50. The third-order valence-corrected chi connectivity index (χ3v) is 3.92. The van der Waals surface area contributed by atoms with Crippen LogP contribution in [0, 0.1) is 0 Å². The maximum Gasteiger partial charge on any atom is 0.272 e. The number of pyridine rings is 2. The number of carbonyl (C=O) groups is 2. The third-order valence-electron chi connectivity index (χ3n) is 3.92. The summed E-state index contributed by atoms with van der Waals surface area (Å²) in [5.41, 5.74) is 1.81. The Balaban J connectivity index is 1.94. The Bertz CT molecular complexity index is 734. The van der Waals surface area contributed by atoms with E-state index < -0.39 is 0 Å². The van der Waals surface area contributed by atoms with Crippen molar-refractivity contribution in [1.29, 1.82) is 0 Å². The molecule has 2 amide bonds. The zero-order valence-electron chi connectivity index (χ0n) is 15.5. The first kappa shape index (κ1) is 19.5. The van der Waals surface area contributed by atoms with E-state index in [1.807, 2.05) is 31.1 Å². The quantitative estimate of drug-likeness (QED) is 0.767. The van der Waals surface area contributed by atoms with Crippen LogP contribution >= 0.6 is 0 Å². The number of rotatable bonds is 8. The third kappa shape index (κ3) is 5.93. The van der Waals surface area contributed by atoms with Crippen LogP contribution in [0.3, 0.4) is 0 Å². The van der Waals surface area contributed by atoms with E-state index in [2.05, 4.69) is 15.3 Å². The minimum Gasteiger partial charge on any atom is -0.351 e. The maximum atomic E-state index is 12.6. The van der Waals surface area contributed by atoms with Gasteiger partial charge in [0, 0.05) is 50.8 Å². The molecule has 1 N–H and O–H groups in total. The van der Waals surface area contributed by atoms with Gasteiger partial charge in [-0.25, -0.2) is 0 Å². The second kappa shape index (κ2) is 9.62. The minimum atomic E-state index is -0.206. The highest BCUT2D eigenvalue weighted by Crippen LogP contribution is 2.06. The summed E-state index contributed by atoms with van der Waals surface area (Å²) in [5.74, 6) is -0.412. The van der Waals surface area contributed by atoms with E-state index in [1.165, 1.54) is 12.3 Å². The van der Waals surface area contributed by atoms with Crippen molar-refractivity contribution in [1.82, 2.24) is 25.1 Å². The van der Waals surface area contributed by atoms with Crippen molar-refractivity contribution < 1.29 is 9.59 Å². The van der Waals surface area contributed by atoms with Crippen LogP contribution in [0.15, 0.2) is 42.9 Å². The number of carbonyl (C=O) groups excluding carboxylic acids is 2. The summed E-state index contributed by atoms with van der Waals surface area (Å²) in [7, 11) is 5.61. The molecule has 0 fully saturated rings. The Morgan fingerprint density at radius 1 is 1.04 bits per heavy atom. The molecular formula is C19H25N5O2. The van der Waals surface area contributed by atoms with E-state index in [0.717, 1.165) is 18.5 Å². The minimum absolute atomic E-state index is 0.206. The normalized spacial score (nSPS) is 10.6. The number of hydrogen-bond acceptors (Lipinski definition) is 5. The lowest BCUT2D eigenvalue weighted by atomic mass is 10.1. The molecule has 0 saturated heterocycles. The Labute approximate surface area is 154 Å². The predicted molar refractivity (Wildman–Crippen MR) is 100 cm³/mol. The van der Waals surface area contributed by atoms with E-state index >= 15 is 0 Å². The molecule has 0 spiro atoms. The van der Waals surface area contributed by atoms with Gasteiger partial charge >= 0.3 is 0 Å². The average Bonchev–Trinajstić information content (AvgIpc) is 2.66. The highest BCUT2D eigenvalue weighted by Gasteiger charge is 2.15. The van der Waals surface area contributed by atoms with Gasteiger partial charge in [0.05, 0.1) is 0 Å². The summed E-state index contributed by atoms with van der Waals surface area (Å²) in [5, 5.41) is 2.83. The second-order valence-corrected chi connectivity index (χ2v) is 6.32. The molecule has 2 rings (SSSR count). The Morgan fingerprint density at radius 3 is 2.46 bits per heavy atom. The molecule has 0 aliphatic carbocycles. The van der Waals surface area contributed by atoms with Gasteiger partial charge in [0.15, 0.2) is 0 Å². The number of hydrogen-bond donors (Lipinski definition) is 1. The summed E-state index contributed by atoms with van der Waals surface area (Å²) in [4.78, 5) is 36.4. The van der Waals surface area contributed by atoms with E-state index in [0.29, 0.717) is 18.7 Å². The smallest absolute Gasteiger partial charge is 0.272 e. The van der Waals surface area contributed by atoms with E-state index in [-0.39, 0.29) is 17.5 Å². The number of nitrogens with one attached hydrogen (secondary N) is 1. The zero-order valence-corrected chi connectivity index (χ0v) is 15.5. The summed E-state index contributed by atoms with van der Waals surface area (Å²) in [6, 6.07) is 7.00. The molecule has 0 aliphatic heterocycles. The van der Waals surface area contributed by atoms with Gasteiger partial charge in [-0.2, -0.15) is 0 Å². The van der Waals surface area contributed by atoms with Crippen LogP contribution in [0.5, 0.6) is 0 Å². The number of likely N-dealkylation sites (N-methyl/N-ethyl adjacent to an activating group) is 2. The Hall–Kier alpha value is -2.80. The first-order chi connectivity index (χ1) is 12.5. The van der Waals surface area contributed by atoms with Gasteiger partial charge in [-0.15, -0.1) is 0 Å². The van der Waals surface area contributed by atoms with Crippen LogP contribution < -0.4 is 5.32 Å². The Kier molecular flexibility index (Phi) is 7.23. The summed E-state index contributed by atoms with van der Waals surface area (Å²) in [6.07, 6.45) is 5.69. The molecule has 0 atom stereocenters. The number of nitrogens with zero attached hydrogens (tertiary/aromatic N) is 4. The molecule has 0 aliphatic rings. The van der Waals surface area contributed by atoms with Crippen molar-refractivity contribution in [3.05, 3.63) is 59.7 Å². The van der Waals surface area contributed by atoms with Gasteiger partial charge in [-0.3, -0.25) is 19.6 Å². The van der Waals surface area contributed by atoms with Crippen LogP contribution in [0.4, 0.5) is 0 Å². The largest absolute Gasteiger partial charge is 0.351 e. The maximum absolute atomic E-state index is 12.6. The van der Waals surface area contributed by atoms with Crippen molar-refractivity contribution >= 4 is 11.8 Å². The van der Waals surface area contributed by atoms with Crippen LogP contribution in [0.25, 0.3) is 0 Å². The lowest BCUT2D eigenvalue weighted by Crippen LogP contribution is -2.32. The molecule has 26 heavy (non-hydrogen) atoms. The van der Waals surface area contributed by atoms with Crippen molar-refractivity contribution in [2.75, 3.05) is 40.8 Å². The van der Waals surface area contributed by atoms with Crippen molar-refractivity contribution in [2.24, 2.45) is 0 Å². The standard InChI is InChI=1S/C19H25N5O2/c1-23(2)13-11-22-18(25)16-6-10-21-17(14-16)19(26)24(3)12-7-15-4-8-20-9-5-15/h4-6,8-10,14H,7,11-13H2,1-3H3,(H,22,25). The van der Waals surface area contributed by atoms with Crippen LogP contribution in [0.1, 0.15) is 26.4 Å². The molecule has 0 radical (unpaired) electrons. The fourth-order valence-corrected chi connectivity index (χ4v) is 2.33. The monoisotopic (exact) mass is 355 g/mol. The number of aromatic nitrogens is 2. The lowest BCUT2D eigenvalue weighted by molar-refractivity contribution is 0.0791. The molecule has 7 nitrogen and oxygen atoms in total. The summed E-state index contributed by atoms with van der Waals surface area (Å²) >= 11 is 0. The predicted octanol–water partition coefficient (Wildman–Crippen LogP) is 1.08. The second-order valence-electron chi connectivity index (χ2n) is 6.32. The molecular weight excluding hydrogens is 330 g/mol. The highest BCUT2D eigenvalue weighted by atomic mass is 16.2. The zero-order chi connectivity index (χ0) is 18.9. The fourth-order valence-electron chi connectivity index (χ4n) is 2.33. The molecule has 138 valence electrons. The van der Waals surface area contributed by atoms with Gasteiger partial charge in [-0.05, 0) is 50.3 Å². The van der Waals surface area contributed by atoms with Crippen molar-refractivity contribution in [3.8, 4) is 0 Å². The lowest BCUT2D eigenvalue weighted by Gasteiger charge is -2.17. The molecule has 0 unspecified atom stereocenters. The first-order valence-electron chi connectivity index (χ1n) is 8.50. The summed E-state index contributed by atoms with van der Waals surface area (Å²) < 4.78 is 0. The number of amides is 2. The van der Waals surface area contributed by atoms with Crippen LogP contribution in [-0.2, 0) is 6.42 Å². The van der Waals surface area contributed by atoms with E-state index in [4.69, 9.17) is 0 Å². The summed E-state index contributed by atoms with van der Waals surface area (Å²) in [6.45, 7) is 1.85. The average molecular weight is 355 g/mol. The van der Waals surface area contributed by atoms with E-state index in [9.17, 15) is 9.59 Å². The molecule has 0 bridgehead atoms. The molecule has 0 aromatic carbocycles. The van der Waals surface area contributed by atoms with E-state index in [1.54, 1.807) is 30.4 Å². The molecule has 2 aromatic heterocycles. The molecule has 2 heterocycles. The van der Waals surface area contributed by atoms with Gasteiger partial charge in [-0.1, -0.05) is 0 Å². The molecule has 7 heteroatoms. The van der Waals surface area contributed by atoms with Gasteiger partial charge < -0.3 is 15.1 Å². The Morgan fingerprint density at radius 2 is 1.77 bits per heavy atom. The SMILES string of the molecule is CN(C)CCNC(=O)c1ccnc(C(=O)N(C)CCc2ccncc2)c1. The molecule has 0 saturated carbocycles. The highest BCUT2D eigenvalue weighted by molar-refractivity contribution is 5.98. The van der Waals surface area contributed by atoms with Gasteiger partial charge in [0.1, 0.15) is 5.69 Å². The molecule has 2 aromatic rings. The topological polar surface area (TPSA) is 78.4 Å². The van der Waals surface area contributed by atoms with Crippen LogP contribution in [0.2, 0.25) is 0 Å². The van der Waals surface area contributed by atoms with Gasteiger partial charge in [0.2, 0.25) is 0 Å². The van der Waals surface area contributed by atoms with Crippen molar-refractivity contribution in [3.63, 3.8) is 0 Å².